The number of nitrogens with one attached hydrogen (secondary N) is 1. The molecule has 0 aromatic heterocycles. The Morgan fingerprint density at radius 1 is 1.15 bits per heavy atom. The molecule has 0 atom stereocenters. The molecule has 1 aromatic rings. The monoisotopic (exact) mass is 415 g/mol. The average molecular weight is 416 g/mol. The first kappa shape index (κ1) is 22.1. The van der Waals surface area contributed by atoms with Crippen LogP contribution in [0.25, 0.3) is 0 Å². The Balaban J connectivity index is 0.00000261. The lowest BCUT2D eigenvalue weighted by Gasteiger charge is -2.39. The van der Waals surface area contributed by atoms with Crippen molar-refractivity contribution in [1.29, 1.82) is 0 Å². The molecule has 0 unspecified atom stereocenters. The highest BCUT2D eigenvalue weighted by molar-refractivity contribution is 7.89. The van der Waals surface area contributed by atoms with Gasteiger partial charge in [-0.2, -0.15) is 0 Å². The maximum atomic E-state index is 13.0. The molecule has 3 rings (SSSR count). The van der Waals surface area contributed by atoms with Crippen molar-refractivity contribution in [2.24, 2.45) is 5.41 Å². The SMILES string of the molecule is Cc1cc(C(=O)N2CCC3(CCNC3)CC2)cc(S(=O)(=O)N(C)C)c1C.Cl. The van der Waals surface area contributed by atoms with Crippen molar-refractivity contribution >= 4 is 28.3 Å². The van der Waals surface area contributed by atoms with Gasteiger partial charge in [0, 0.05) is 39.3 Å². The number of carbonyl (C=O) groups is 1. The van der Waals surface area contributed by atoms with Gasteiger partial charge < -0.3 is 10.2 Å². The van der Waals surface area contributed by atoms with Gasteiger partial charge in [-0.15, -0.1) is 12.4 Å². The number of piperidine rings is 1. The number of hydrogen-bond acceptors (Lipinski definition) is 4. The molecule has 1 aromatic carbocycles. The summed E-state index contributed by atoms with van der Waals surface area (Å²) >= 11 is 0. The van der Waals surface area contributed by atoms with Crippen LogP contribution in [0.3, 0.4) is 0 Å². The summed E-state index contributed by atoms with van der Waals surface area (Å²) in [7, 11) is -0.556. The zero-order valence-electron chi connectivity index (χ0n) is 16.5. The fourth-order valence-corrected chi connectivity index (χ4v) is 5.22. The third-order valence-electron chi connectivity index (χ3n) is 6.07. The smallest absolute Gasteiger partial charge is 0.253 e. The minimum atomic E-state index is -3.58. The number of rotatable bonds is 3. The van der Waals surface area contributed by atoms with E-state index in [1.165, 1.54) is 24.8 Å². The molecule has 2 fully saturated rings. The van der Waals surface area contributed by atoms with E-state index in [2.05, 4.69) is 5.32 Å². The van der Waals surface area contributed by atoms with E-state index in [4.69, 9.17) is 0 Å². The number of benzene rings is 1. The molecule has 152 valence electrons. The van der Waals surface area contributed by atoms with Crippen LogP contribution in [0, 0.1) is 19.3 Å². The number of hydrogen-bond donors (Lipinski definition) is 1. The molecule has 0 aliphatic carbocycles. The summed E-state index contributed by atoms with van der Waals surface area (Å²) < 4.78 is 26.4. The minimum Gasteiger partial charge on any atom is -0.339 e. The molecule has 8 heteroatoms. The Morgan fingerprint density at radius 3 is 2.30 bits per heavy atom. The number of likely N-dealkylation sites (tertiary alicyclic amines) is 1. The van der Waals surface area contributed by atoms with Crippen molar-refractivity contribution in [3.05, 3.63) is 28.8 Å². The van der Waals surface area contributed by atoms with Gasteiger partial charge in [-0.3, -0.25) is 4.79 Å². The van der Waals surface area contributed by atoms with Crippen molar-refractivity contribution in [2.45, 2.75) is 38.0 Å². The Kier molecular flexibility index (Phi) is 6.62. The van der Waals surface area contributed by atoms with Crippen LogP contribution in [-0.4, -0.2) is 63.8 Å². The molecule has 1 spiro atoms. The fourth-order valence-electron chi connectivity index (χ4n) is 4.00. The first-order valence-corrected chi connectivity index (χ1v) is 10.6. The molecule has 6 nitrogen and oxygen atoms in total. The van der Waals surface area contributed by atoms with Gasteiger partial charge >= 0.3 is 0 Å². The van der Waals surface area contributed by atoms with Crippen LogP contribution in [-0.2, 0) is 10.0 Å². The first-order chi connectivity index (χ1) is 12.2. The van der Waals surface area contributed by atoms with Crippen LogP contribution in [0.5, 0.6) is 0 Å². The normalized spacial score (nSPS) is 19.4. The van der Waals surface area contributed by atoms with Crippen molar-refractivity contribution in [3.8, 4) is 0 Å². The van der Waals surface area contributed by atoms with Crippen LogP contribution in [0.4, 0.5) is 0 Å². The van der Waals surface area contributed by atoms with Crippen molar-refractivity contribution < 1.29 is 13.2 Å². The van der Waals surface area contributed by atoms with E-state index in [0.717, 1.165) is 44.6 Å². The predicted octanol–water partition coefficient (Wildman–Crippen LogP) is 2.19. The fraction of sp³-hybridized carbons (Fsp3) is 0.632. The van der Waals surface area contributed by atoms with Crippen LogP contribution in [0.2, 0.25) is 0 Å². The number of amides is 1. The van der Waals surface area contributed by atoms with E-state index in [9.17, 15) is 13.2 Å². The van der Waals surface area contributed by atoms with Gasteiger partial charge in [0.05, 0.1) is 4.90 Å². The Hall–Kier alpha value is -1.15. The number of aryl methyl sites for hydroxylation is 1. The molecule has 0 saturated carbocycles. The minimum absolute atomic E-state index is 0. The van der Waals surface area contributed by atoms with Crippen LogP contribution in [0.1, 0.15) is 40.7 Å². The summed E-state index contributed by atoms with van der Waals surface area (Å²) in [5.41, 5.74) is 2.34. The van der Waals surface area contributed by atoms with E-state index >= 15 is 0 Å². The predicted molar refractivity (Wildman–Crippen MR) is 109 cm³/mol. The molecule has 2 aliphatic heterocycles. The molecular formula is C19H30ClN3O3S. The summed E-state index contributed by atoms with van der Waals surface area (Å²) in [6, 6.07) is 3.36. The van der Waals surface area contributed by atoms with Gasteiger partial charge in [-0.1, -0.05) is 0 Å². The molecule has 0 bridgehead atoms. The van der Waals surface area contributed by atoms with Crippen LogP contribution < -0.4 is 5.32 Å². The molecule has 2 heterocycles. The average Bonchev–Trinajstić information content (AvgIpc) is 3.05. The van der Waals surface area contributed by atoms with E-state index in [1.807, 2.05) is 17.9 Å². The molecule has 2 aliphatic rings. The lowest BCUT2D eigenvalue weighted by molar-refractivity contribution is 0.0607. The van der Waals surface area contributed by atoms with E-state index in [-0.39, 0.29) is 23.2 Å². The van der Waals surface area contributed by atoms with Gasteiger partial charge in [0.25, 0.3) is 5.91 Å². The van der Waals surface area contributed by atoms with E-state index in [1.54, 1.807) is 13.0 Å². The van der Waals surface area contributed by atoms with Gasteiger partial charge in [-0.05, 0) is 68.3 Å². The van der Waals surface area contributed by atoms with E-state index in [0.29, 0.717) is 16.5 Å². The summed E-state index contributed by atoms with van der Waals surface area (Å²) in [5.74, 6) is -0.0656. The maximum Gasteiger partial charge on any atom is 0.253 e. The second-order valence-electron chi connectivity index (χ2n) is 7.92. The topological polar surface area (TPSA) is 69.7 Å². The summed E-state index contributed by atoms with van der Waals surface area (Å²) in [6.45, 7) is 7.24. The number of nitrogens with zero attached hydrogens (tertiary/aromatic N) is 2. The maximum absolute atomic E-state index is 13.0. The second kappa shape index (κ2) is 8.07. The molecule has 1 amide bonds. The van der Waals surface area contributed by atoms with Gasteiger partial charge in [-0.25, -0.2) is 12.7 Å². The summed E-state index contributed by atoms with van der Waals surface area (Å²) in [5, 5.41) is 3.43. The zero-order valence-corrected chi connectivity index (χ0v) is 18.2. The molecule has 2 saturated heterocycles. The lowest BCUT2D eigenvalue weighted by atomic mass is 9.78. The Labute approximate surface area is 168 Å². The molecular weight excluding hydrogens is 386 g/mol. The highest BCUT2D eigenvalue weighted by Gasteiger charge is 2.38. The summed E-state index contributed by atoms with van der Waals surface area (Å²) in [6.07, 6.45) is 3.21. The quantitative estimate of drug-likeness (QED) is 0.821. The van der Waals surface area contributed by atoms with Crippen LogP contribution >= 0.6 is 12.4 Å². The van der Waals surface area contributed by atoms with Crippen LogP contribution in [0.15, 0.2) is 17.0 Å². The number of halogens is 1. The highest BCUT2D eigenvalue weighted by Crippen LogP contribution is 2.37. The highest BCUT2D eigenvalue weighted by atomic mass is 35.5. The standard InChI is InChI=1S/C19H29N3O3S.ClH/c1-14-11-16(12-17(15(14)2)26(24,25)21(3)4)18(23)22-9-6-19(7-10-22)5-8-20-13-19;/h11-12,20H,5-10,13H2,1-4H3;1H. The Bertz CT molecular complexity index is 808. The van der Waals surface area contributed by atoms with Crippen molar-refractivity contribution in [1.82, 2.24) is 14.5 Å². The molecule has 0 radical (unpaired) electrons. The first-order valence-electron chi connectivity index (χ1n) is 9.20. The van der Waals surface area contributed by atoms with Gasteiger partial charge in [0.15, 0.2) is 0 Å². The van der Waals surface area contributed by atoms with E-state index < -0.39 is 10.0 Å². The third kappa shape index (κ3) is 4.16. The lowest BCUT2D eigenvalue weighted by Crippen LogP contribution is -2.44. The molecule has 1 N–H and O–H groups in total. The zero-order chi connectivity index (χ0) is 19.1. The number of carbonyl (C=O) groups excluding carboxylic acids is 1. The van der Waals surface area contributed by atoms with Crippen molar-refractivity contribution in [3.63, 3.8) is 0 Å². The van der Waals surface area contributed by atoms with Gasteiger partial charge in [0.2, 0.25) is 10.0 Å². The summed E-state index contributed by atoms with van der Waals surface area (Å²) in [4.78, 5) is 15.1. The van der Waals surface area contributed by atoms with Crippen molar-refractivity contribution in [2.75, 3.05) is 40.3 Å². The molecule has 27 heavy (non-hydrogen) atoms. The van der Waals surface area contributed by atoms with Gasteiger partial charge in [0.1, 0.15) is 0 Å². The number of sulfonamides is 1. The largest absolute Gasteiger partial charge is 0.339 e. The Morgan fingerprint density at radius 2 is 1.78 bits per heavy atom. The third-order valence-corrected chi connectivity index (χ3v) is 8.01. The second-order valence-corrected chi connectivity index (χ2v) is 10.0.